The lowest BCUT2D eigenvalue weighted by Gasteiger charge is -2.30. The van der Waals surface area contributed by atoms with Crippen LogP contribution < -0.4 is 14.8 Å². The fourth-order valence-electron chi connectivity index (χ4n) is 5.75. The molecule has 5 rings (SSSR count). The third-order valence-corrected chi connectivity index (χ3v) is 7.80. The highest BCUT2D eigenvalue weighted by Crippen LogP contribution is 2.50. The number of halogens is 2. The van der Waals surface area contributed by atoms with Crippen molar-refractivity contribution in [2.75, 3.05) is 6.61 Å². The highest BCUT2D eigenvalue weighted by atomic mass is 35.5. The molecule has 8 heteroatoms. The first-order valence-corrected chi connectivity index (χ1v) is 12.3. The Hall–Kier alpha value is -2.93. The Morgan fingerprint density at radius 2 is 1.97 bits per heavy atom. The van der Waals surface area contributed by atoms with Crippen LogP contribution in [0.2, 0.25) is 5.02 Å². The molecule has 2 aromatic carbocycles. The molecule has 2 fully saturated rings. The van der Waals surface area contributed by atoms with Crippen LogP contribution in [-0.2, 0) is 9.59 Å². The molecular formula is C27H27ClFNO5. The number of rotatable bonds is 7. The highest BCUT2D eigenvalue weighted by Gasteiger charge is 2.47. The molecule has 0 unspecified atom stereocenters. The van der Waals surface area contributed by atoms with Crippen LogP contribution in [0.5, 0.6) is 11.5 Å². The van der Waals surface area contributed by atoms with Gasteiger partial charge in [0.25, 0.3) is 5.91 Å². The molecule has 0 saturated heterocycles. The Kier molecular flexibility index (Phi) is 6.53. The minimum Gasteiger partial charge on any atom is -0.484 e. The largest absolute Gasteiger partial charge is 0.484 e. The van der Waals surface area contributed by atoms with E-state index in [1.54, 1.807) is 37.3 Å². The lowest BCUT2D eigenvalue weighted by atomic mass is 9.81. The molecule has 1 aliphatic heterocycles. The van der Waals surface area contributed by atoms with Crippen molar-refractivity contribution in [1.29, 1.82) is 0 Å². The van der Waals surface area contributed by atoms with E-state index in [1.807, 2.05) is 0 Å². The summed E-state index contributed by atoms with van der Waals surface area (Å²) in [5.74, 6) is 0.866. The molecule has 2 saturated carbocycles. The van der Waals surface area contributed by atoms with Gasteiger partial charge in [0, 0.05) is 23.6 Å². The summed E-state index contributed by atoms with van der Waals surface area (Å²) in [5, 5.41) is 3.51. The minimum absolute atomic E-state index is 0.0382. The number of amides is 1. The van der Waals surface area contributed by atoms with E-state index in [0.717, 1.165) is 19.3 Å². The zero-order valence-electron chi connectivity index (χ0n) is 19.4. The van der Waals surface area contributed by atoms with Crippen molar-refractivity contribution in [2.24, 2.45) is 17.8 Å². The van der Waals surface area contributed by atoms with E-state index in [4.69, 9.17) is 21.1 Å². The first-order chi connectivity index (χ1) is 16.8. The standard InChI is InChI=1S/C27H27ClFNO5/c1-14-2-4-19(11-21(14)29)34-13-27(33)30-22-8-15-6-17(22)7-16(15)9-24(32)26-12-23(31)20-10-18(28)3-5-25(20)35-26/h2-5,10-11,15-17,22,26H,6-9,12-13H2,1H3,(H,30,33)/t15-,16-,17-,22+,26-/m1/s1. The Bertz CT molecular complexity index is 1180. The average molecular weight is 500 g/mol. The number of nitrogens with one attached hydrogen (secondary N) is 1. The van der Waals surface area contributed by atoms with Gasteiger partial charge < -0.3 is 14.8 Å². The summed E-state index contributed by atoms with van der Waals surface area (Å²) < 4.78 is 24.9. The summed E-state index contributed by atoms with van der Waals surface area (Å²) in [6.45, 7) is 1.50. The summed E-state index contributed by atoms with van der Waals surface area (Å²) in [6.07, 6.45) is 2.31. The van der Waals surface area contributed by atoms with Crippen LogP contribution in [0.15, 0.2) is 36.4 Å². The van der Waals surface area contributed by atoms with Gasteiger partial charge in [-0.05, 0) is 73.8 Å². The molecular weight excluding hydrogens is 473 g/mol. The zero-order chi connectivity index (χ0) is 24.7. The molecule has 1 amide bonds. The van der Waals surface area contributed by atoms with Crippen molar-refractivity contribution >= 4 is 29.1 Å². The summed E-state index contributed by atoms with van der Waals surface area (Å²) >= 11 is 5.97. The lowest BCUT2D eigenvalue weighted by Crippen LogP contribution is -2.42. The van der Waals surface area contributed by atoms with Gasteiger partial charge in [-0.1, -0.05) is 17.7 Å². The fourth-order valence-corrected chi connectivity index (χ4v) is 5.92. The van der Waals surface area contributed by atoms with Gasteiger partial charge in [0.05, 0.1) is 12.0 Å². The van der Waals surface area contributed by atoms with Gasteiger partial charge in [0.2, 0.25) is 0 Å². The minimum atomic E-state index is -0.755. The third-order valence-electron chi connectivity index (χ3n) is 7.57. The van der Waals surface area contributed by atoms with Crippen molar-refractivity contribution in [2.45, 2.75) is 51.2 Å². The predicted molar refractivity (Wildman–Crippen MR) is 127 cm³/mol. The first kappa shape index (κ1) is 23.8. The van der Waals surface area contributed by atoms with E-state index >= 15 is 0 Å². The van der Waals surface area contributed by atoms with E-state index in [2.05, 4.69) is 5.32 Å². The van der Waals surface area contributed by atoms with E-state index in [-0.39, 0.29) is 48.3 Å². The molecule has 6 nitrogen and oxygen atoms in total. The molecule has 3 aliphatic rings. The monoisotopic (exact) mass is 499 g/mol. The SMILES string of the molecule is Cc1ccc(OCC(=O)N[C@H]2C[C@H]3C[C@@H]2C[C@@H]3CC(=O)[C@H]2CC(=O)c3cc(Cl)ccc3O2)cc1F. The molecule has 2 bridgehead atoms. The molecule has 0 aromatic heterocycles. The second-order valence-corrected chi connectivity index (χ2v) is 10.3. The first-order valence-electron chi connectivity index (χ1n) is 12.0. The Morgan fingerprint density at radius 1 is 1.14 bits per heavy atom. The highest BCUT2D eigenvalue weighted by molar-refractivity contribution is 6.31. The molecule has 2 aliphatic carbocycles. The Morgan fingerprint density at radius 3 is 2.71 bits per heavy atom. The number of aryl methyl sites for hydroxylation is 1. The summed E-state index contributed by atoms with van der Waals surface area (Å²) in [4.78, 5) is 37.8. The summed E-state index contributed by atoms with van der Waals surface area (Å²) in [7, 11) is 0. The van der Waals surface area contributed by atoms with Crippen LogP contribution >= 0.6 is 11.6 Å². The van der Waals surface area contributed by atoms with Crippen molar-refractivity contribution in [3.63, 3.8) is 0 Å². The van der Waals surface area contributed by atoms with Crippen LogP contribution in [0.3, 0.4) is 0 Å². The van der Waals surface area contributed by atoms with E-state index in [1.165, 1.54) is 6.07 Å². The van der Waals surface area contributed by atoms with Gasteiger partial charge in [-0.3, -0.25) is 14.4 Å². The number of benzene rings is 2. The maximum atomic E-state index is 13.6. The van der Waals surface area contributed by atoms with Crippen LogP contribution in [0.25, 0.3) is 0 Å². The normalized spacial score (nSPS) is 26.7. The Labute approximate surface area is 208 Å². The number of ketones is 2. The van der Waals surface area contributed by atoms with Gasteiger partial charge in [-0.15, -0.1) is 0 Å². The number of fused-ring (bicyclic) bond motifs is 3. The van der Waals surface area contributed by atoms with Gasteiger partial charge in [0.1, 0.15) is 17.3 Å². The third kappa shape index (κ3) is 5.06. The molecule has 5 atom stereocenters. The number of Topliss-reactive ketones (excluding diaryl/α,β-unsaturated/α-hetero) is 2. The van der Waals surface area contributed by atoms with Gasteiger partial charge >= 0.3 is 0 Å². The van der Waals surface area contributed by atoms with Gasteiger partial charge in [0.15, 0.2) is 24.3 Å². The predicted octanol–water partition coefficient (Wildman–Crippen LogP) is 4.69. The fraction of sp³-hybridized carbons (Fsp3) is 0.444. The van der Waals surface area contributed by atoms with Crippen molar-refractivity contribution in [3.8, 4) is 11.5 Å². The molecule has 1 N–H and O–H groups in total. The Balaban J connectivity index is 1.10. The van der Waals surface area contributed by atoms with Crippen LogP contribution in [0.4, 0.5) is 4.39 Å². The van der Waals surface area contributed by atoms with Crippen molar-refractivity contribution in [3.05, 3.63) is 58.4 Å². The molecule has 2 aromatic rings. The van der Waals surface area contributed by atoms with Crippen LogP contribution in [0, 0.1) is 30.5 Å². The molecule has 0 spiro atoms. The second kappa shape index (κ2) is 9.61. The summed E-state index contributed by atoms with van der Waals surface area (Å²) in [6, 6.07) is 9.45. The summed E-state index contributed by atoms with van der Waals surface area (Å²) in [5.41, 5.74) is 0.949. The van der Waals surface area contributed by atoms with E-state index in [0.29, 0.717) is 45.9 Å². The van der Waals surface area contributed by atoms with Crippen LogP contribution in [-0.4, -0.2) is 36.2 Å². The van der Waals surface area contributed by atoms with Gasteiger partial charge in [-0.25, -0.2) is 4.39 Å². The molecule has 184 valence electrons. The lowest BCUT2D eigenvalue weighted by molar-refractivity contribution is -0.128. The maximum absolute atomic E-state index is 13.6. The smallest absolute Gasteiger partial charge is 0.258 e. The number of carbonyl (C=O) groups is 3. The van der Waals surface area contributed by atoms with Crippen molar-refractivity contribution < 1.29 is 28.2 Å². The number of hydrogen-bond donors (Lipinski definition) is 1. The number of carbonyl (C=O) groups excluding carboxylic acids is 3. The quantitative estimate of drug-likeness (QED) is 0.597. The average Bonchev–Trinajstić information content (AvgIpc) is 3.40. The second-order valence-electron chi connectivity index (χ2n) is 9.91. The van der Waals surface area contributed by atoms with E-state index in [9.17, 15) is 18.8 Å². The van der Waals surface area contributed by atoms with Crippen LogP contribution in [0.1, 0.15) is 48.0 Å². The molecule has 0 radical (unpaired) electrons. The van der Waals surface area contributed by atoms with E-state index < -0.39 is 6.10 Å². The zero-order valence-corrected chi connectivity index (χ0v) is 20.1. The number of hydrogen-bond acceptors (Lipinski definition) is 5. The maximum Gasteiger partial charge on any atom is 0.258 e. The molecule has 35 heavy (non-hydrogen) atoms. The molecule has 1 heterocycles. The van der Waals surface area contributed by atoms with Crippen molar-refractivity contribution in [1.82, 2.24) is 5.32 Å². The topological polar surface area (TPSA) is 81.7 Å². The number of ether oxygens (including phenoxy) is 2. The van der Waals surface area contributed by atoms with Gasteiger partial charge in [-0.2, -0.15) is 0 Å².